The lowest BCUT2D eigenvalue weighted by Gasteiger charge is -2.02. The molecular formula is C10H7ClFNO3. The Balaban J connectivity index is 0.00000128. The van der Waals surface area contributed by atoms with Crippen LogP contribution in [-0.4, -0.2) is 15.5 Å². The van der Waals surface area contributed by atoms with Crippen molar-refractivity contribution >= 4 is 23.9 Å². The molecule has 2 heterocycles. The summed E-state index contributed by atoms with van der Waals surface area (Å²) in [6.45, 7) is 0. The summed E-state index contributed by atoms with van der Waals surface area (Å²) in [5.41, 5.74) is -1.25. The van der Waals surface area contributed by atoms with Gasteiger partial charge in [0.05, 0.1) is 5.52 Å². The van der Waals surface area contributed by atoms with E-state index in [2.05, 4.69) is 0 Å². The lowest BCUT2D eigenvalue weighted by Crippen LogP contribution is -2.22. The molecule has 0 fully saturated rings. The lowest BCUT2D eigenvalue weighted by molar-refractivity contribution is 0.0694. The van der Waals surface area contributed by atoms with Gasteiger partial charge in [-0.3, -0.25) is 9.20 Å². The van der Waals surface area contributed by atoms with E-state index in [1.807, 2.05) is 0 Å². The first kappa shape index (κ1) is 12.2. The SMILES string of the molecule is Cl.O=C(O)c1cc(F)c2ccccn2c1=O. The number of rotatable bonds is 1. The molecule has 0 aliphatic carbocycles. The van der Waals surface area contributed by atoms with Crippen molar-refractivity contribution in [3.8, 4) is 0 Å². The first-order valence-corrected chi connectivity index (χ1v) is 4.14. The van der Waals surface area contributed by atoms with Crippen LogP contribution in [0.2, 0.25) is 0 Å². The van der Waals surface area contributed by atoms with Crippen LogP contribution in [-0.2, 0) is 0 Å². The van der Waals surface area contributed by atoms with Crippen LogP contribution in [0, 0.1) is 5.82 Å². The molecule has 16 heavy (non-hydrogen) atoms. The van der Waals surface area contributed by atoms with Crippen LogP contribution in [0.1, 0.15) is 10.4 Å². The predicted molar refractivity (Wildman–Crippen MR) is 57.8 cm³/mol. The van der Waals surface area contributed by atoms with Gasteiger partial charge in [0.1, 0.15) is 11.4 Å². The highest BCUT2D eigenvalue weighted by atomic mass is 35.5. The molecule has 6 heteroatoms. The van der Waals surface area contributed by atoms with E-state index in [4.69, 9.17) is 5.11 Å². The topological polar surface area (TPSA) is 58.8 Å². The minimum atomic E-state index is -1.43. The molecule has 0 radical (unpaired) electrons. The number of halogens is 2. The molecule has 84 valence electrons. The van der Waals surface area contributed by atoms with Gasteiger partial charge in [0.2, 0.25) is 0 Å². The third kappa shape index (κ3) is 1.77. The van der Waals surface area contributed by atoms with Crippen molar-refractivity contribution in [2.75, 3.05) is 0 Å². The van der Waals surface area contributed by atoms with Crippen molar-refractivity contribution in [2.24, 2.45) is 0 Å². The summed E-state index contributed by atoms with van der Waals surface area (Å²) in [7, 11) is 0. The quantitative estimate of drug-likeness (QED) is 0.827. The second-order valence-electron chi connectivity index (χ2n) is 2.97. The Morgan fingerprint density at radius 1 is 1.38 bits per heavy atom. The number of nitrogens with zero attached hydrogens (tertiary/aromatic N) is 1. The highest BCUT2D eigenvalue weighted by Crippen LogP contribution is 2.08. The molecular weight excluding hydrogens is 237 g/mol. The summed E-state index contributed by atoms with van der Waals surface area (Å²) in [5.74, 6) is -2.16. The van der Waals surface area contributed by atoms with Crippen molar-refractivity contribution in [1.29, 1.82) is 0 Å². The molecule has 0 saturated carbocycles. The highest BCUT2D eigenvalue weighted by molar-refractivity contribution is 5.87. The van der Waals surface area contributed by atoms with Gasteiger partial charge in [0, 0.05) is 6.20 Å². The Kier molecular flexibility index (Phi) is 3.29. The molecule has 0 saturated heterocycles. The van der Waals surface area contributed by atoms with Crippen LogP contribution in [0.3, 0.4) is 0 Å². The van der Waals surface area contributed by atoms with Gasteiger partial charge in [-0.15, -0.1) is 12.4 Å². The average Bonchev–Trinajstić information content (AvgIpc) is 2.23. The van der Waals surface area contributed by atoms with Crippen molar-refractivity contribution in [3.63, 3.8) is 0 Å². The van der Waals surface area contributed by atoms with Crippen LogP contribution < -0.4 is 5.56 Å². The number of hydrogen-bond acceptors (Lipinski definition) is 2. The van der Waals surface area contributed by atoms with Crippen LogP contribution in [0.15, 0.2) is 35.3 Å². The van der Waals surface area contributed by atoms with Crippen LogP contribution >= 0.6 is 12.4 Å². The van der Waals surface area contributed by atoms with Crippen LogP contribution in [0.4, 0.5) is 4.39 Å². The summed E-state index contributed by atoms with van der Waals surface area (Å²) >= 11 is 0. The molecule has 0 unspecified atom stereocenters. The fourth-order valence-corrected chi connectivity index (χ4v) is 1.36. The molecule has 1 N–H and O–H groups in total. The monoisotopic (exact) mass is 243 g/mol. The van der Waals surface area contributed by atoms with Crippen LogP contribution in [0.25, 0.3) is 5.52 Å². The number of aromatic carboxylic acids is 1. The number of carboxylic acid groups (broad SMARTS) is 1. The molecule has 2 aromatic heterocycles. The Bertz CT molecular complexity index is 609. The number of fused-ring (bicyclic) bond motifs is 1. The second kappa shape index (κ2) is 4.32. The molecule has 4 nitrogen and oxygen atoms in total. The summed E-state index contributed by atoms with van der Waals surface area (Å²) in [6, 6.07) is 5.24. The summed E-state index contributed by atoms with van der Waals surface area (Å²) in [4.78, 5) is 22.2. The third-order valence-electron chi connectivity index (χ3n) is 2.06. The third-order valence-corrected chi connectivity index (χ3v) is 2.06. The number of pyridine rings is 2. The Morgan fingerprint density at radius 2 is 2.06 bits per heavy atom. The van der Waals surface area contributed by atoms with Crippen molar-refractivity contribution in [1.82, 2.24) is 4.40 Å². The van der Waals surface area contributed by atoms with Gasteiger partial charge in [-0.25, -0.2) is 9.18 Å². The fraction of sp³-hybridized carbons (Fsp3) is 0. The standard InChI is InChI=1S/C10H6FNO3.ClH/c11-7-5-6(10(14)15)9(13)12-4-2-1-3-8(7)12;/h1-5H,(H,14,15);1H. The van der Waals surface area contributed by atoms with Gasteiger partial charge >= 0.3 is 5.97 Å². The zero-order valence-electron chi connectivity index (χ0n) is 7.88. The first-order valence-electron chi connectivity index (χ1n) is 4.14. The Labute approximate surface area is 95.4 Å². The Hall–Kier alpha value is -1.88. The van der Waals surface area contributed by atoms with E-state index < -0.39 is 22.9 Å². The zero-order valence-corrected chi connectivity index (χ0v) is 8.70. The van der Waals surface area contributed by atoms with E-state index in [9.17, 15) is 14.0 Å². The van der Waals surface area contributed by atoms with Gasteiger partial charge in [-0.2, -0.15) is 0 Å². The minimum Gasteiger partial charge on any atom is -0.477 e. The van der Waals surface area contributed by atoms with E-state index in [-0.39, 0.29) is 17.9 Å². The molecule has 2 aromatic rings. The maximum absolute atomic E-state index is 13.4. The van der Waals surface area contributed by atoms with Crippen molar-refractivity contribution < 1.29 is 14.3 Å². The molecule has 0 aromatic carbocycles. The zero-order chi connectivity index (χ0) is 11.0. The van der Waals surface area contributed by atoms with Crippen LogP contribution in [0.5, 0.6) is 0 Å². The number of aromatic nitrogens is 1. The predicted octanol–water partition coefficient (Wildman–Crippen LogP) is 1.56. The van der Waals surface area contributed by atoms with Gasteiger partial charge in [0.25, 0.3) is 5.56 Å². The smallest absolute Gasteiger partial charge is 0.341 e. The molecule has 0 aliphatic rings. The molecule has 0 amide bonds. The van der Waals surface area contributed by atoms with E-state index in [1.54, 1.807) is 6.07 Å². The maximum Gasteiger partial charge on any atom is 0.341 e. The highest BCUT2D eigenvalue weighted by Gasteiger charge is 2.13. The molecule has 0 spiro atoms. The normalized spacial score (nSPS) is 9.81. The van der Waals surface area contributed by atoms with Gasteiger partial charge < -0.3 is 5.11 Å². The number of hydrogen-bond donors (Lipinski definition) is 1. The van der Waals surface area contributed by atoms with Crippen molar-refractivity contribution in [2.45, 2.75) is 0 Å². The molecule has 2 rings (SSSR count). The number of carboxylic acids is 1. The average molecular weight is 244 g/mol. The minimum absolute atomic E-state index is 0. The summed E-state index contributed by atoms with van der Waals surface area (Å²) in [5, 5.41) is 8.67. The van der Waals surface area contributed by atoms with Gasteiger partial charge in [-0.1, -0.05) is 6.07 Å². The molecule has 0 atom stereocenters. The molecule has 0 aliphatic heterocycles. The Morgan fingerprint density at radius 3 is 2.69 bits per heavy atom. The number of carbonyl (C=O) groups is 1. The largest absolute Gasteiger partial charge is 0.477 e. The van der Waals surface area contributed by atoms with E-state index >= 15 is 0 Å². The van der Waals surface area contributed by atoms with E-state index in [1.165, 1.54) is 18.3 Å². The summed E-state index contributed by atoms with van der Waals surface area (Å²) < 4.78 is 14.3. The summed E-state index contributed by atoms with van der Waals surface area (Å²) in [6.07, 6.45) is 1.33. The van der Waals surface area contributed by atoms with E-state index in [0.29, 0.717) is 0 Å². The van der Waals surface area contributed by atoms with Gasteiger partial charge in [-0.05, 0) is 18.2 Å². The second-order valence-corrected chi connectivity index (χ2v) is 2.97. The molecule has 0 bridgehead atoms. The fourth-order valence-electron chi connectivity index (χ4n) is 1.36. The van der Waals surface area contributed by atoms with E-state index in [0.717, 1.165) is 10.5 Å². The maximum atomic E-state index is 13.4. The lowest BCUT2D eigenvalue weighted by atomic mass is 10.2. The first-order chi connectivity index (χ1) is 7.11. The van der Waals surface area contributed by atoms with Gasteiger partial charge in [0.15, 0.2) is 0 Å². The van der Waals surface area contributed by atoms with Crippen molar-refractivity contribution in [3.05, 3.63) is 52.2 Å².